The van der Waals surface area contributed by atoms with Crippen molar-refractivity contribution in [3.63, 3.8) is 0 Å². The van der Waals surface area contributed by atoms with Gasteiger partial charge in [0.2, 0.25) is 0 Å². The van der Waals surface area contributed by atoms with Crippen LogP contribution in [-0.4, -0.2) is 29.8 Å². The molecule has 2 N–H and O–H groups in total. The molecule has 1 aromatic carbocycles. The van der Waals surface area contributed by atoms with Gasteiger partial charge < -0.3 is 15.2 Å². The number of benzene rings is 1. The lowest BCUT2D eigenvalue weighted by Gasteiger charge is -2.14. The average molecular weight is 260 g/mol. The average Bonchev–Trinajstić information content (AvgIpc) is 2.91. The first-order chi connectivity index (χ1) is 9.28. The van der Waals surface area contributed by atoms with Crippen LogP contribution in [0.2, 0.25) is 0 Å². The van der Waals surface area contributed by atoms with Gasteiger partial charge in [0.15, 0.2) is 0 Å². The van der Waals surface area contributed by atoms with E-state index in [1.165, 1.54) is 5.56 Å². The molecule has 5 nitrogen and oxygen atoms in total. The molecule has 0 amide bonds. The Morgan fingerprint density at radius 3 is 2.42 bits per heavy atom. The number of hydrogen-bond donors (Lipinski definition) is 1. The van der Waals surface area contributed by atoms with Crippen molar-refractivity contribution < 1.29 is 4.52 Å². The van der Waals surface area contributed by atoms with E-state index in [0.29, 0.717) is 18.4 Å². The van der Waals surface area contributed by atoms with Crippen molar-refractivity contribution in [3.05, 3.63) is 29.8 Å². The summed E-state index contributed by atoms with van der Waals surface area (Å²) < 4.78 is 5.31. The third kappa shape index (κ3) is 3.12. The van der Waals surface area contributed by atoms with Gasteiger partial charge in [0, 0.05) is 18.7 Å². The summed E-state index contributed by atoms with van der Waals surface area (Å²) in [6.45, 7) is 6.53. The fraction of sp³-hybridized carbons (Fsp3) is 0.429. The van der Waals surface area contributed by atoms with Crippen LogP contribution in [0.25, 0.3) is 11.5 Å². The summed E-state index contributed by atoms with van der Waals surface area (Å²) >= 11 is 0. The molecule has 2 rings (SSSR count). The van der Waals surface area contributed by atoms with Gasteiger partial charge in [-0.3, -0.25) is 0 Å². The van der Waals surface area contributed by atoms with E-state index in [1.54, 1.807) is 0 Å². The van der Waals surface area contributed by atoms with Crippen molar-refractivity contribution in [2.45, 2.75) is 20.3 Å². The van der Waals surface area contributed by atoms with Gasteiger partial charge in [-0.15, -0.1) is 0 Å². The first-order valence-electron chi connectivity index (χ1n) is 6.66. The van der Waals surface area contributed by atoms with Gasteiger partial charge in [-0.05, 0) is 49.7 Å². The largest absolute Gasteiger partial charge is 0.339 e. The molecule has 0 fully saturated rings. The zero-order valence-electron chi connectivity index (χ0n) is 11.5. The molecule has 102 valence electrons. The molecule has 0 saturated carbocycles. The van der Waals surface area contributed by atoms with Crippen LogP contribution in [0.5, 0.6) is 0 Å². The van der Waals surface area contributed by atoms with E-state index in [9.17, 15) is 0 Å². The normalized spacial score (nSPS) is 10.7. The quantitative estimate of drug-likeness (QED) is 0.861. The van der Waals surface area contributed by atoms with E-state index in [1.807, 2.05) is 24.3 Å². The molecule has 0 saturated heterocycles. The number of hydrogen-bond acceptors (Lipinski definition) is 5. The van der Waals surface area contributed by atoms with E-state index < -0.39 is 0 Å². The Balaban J connectivity index is 2.17. The molecular weight excluding hydrogens is 240 g/mol. The third-order valence-corrected chi connectivity index (χ3v) is 3.10. The number of nitrogens with two attached hydrogens (primary N) is 1. The van der Waals surface area contributed by atoms with Crippen LogP contribution >= 0.6 is 0 Å². The van der Waals surface area contributed by atoms with Crippen LogP contribution in [0.3, 0.4) is 0 Å². The molecule has 1 heterocycles. The Bertz CT molecular complexity index is 502. The number of aromatic nitrogens is 2. The standard InChI is InChI=1S/C14H20N4O/c1-3-18(4-2)14-16-13(19-17-14)12-7-5-11(6-8-12)9-10-15/h5-8H,3-4,9-10,15H2,1-2H3. The van der Waals surface area contributed by atoms with Gasteiger partial charge in [-0.25, -0.2) is 0 Å². The van der Waals surface area contributed by atoms with Crippen LogP contribution < -0.4 is 10.6 Å². The molecule has 0 aliphatic carbocycles. The molecule has 0 bridgehead atoms. The minimum Gasteiger partial charge on any atom is -0.339 e. The van der Waals surface area contributed by atoms with Crippen molar-refractivity contribution in [1.29, 1.82) is 0 Å². The van der Waals surface area contributed by atoms with Gasteiger partial charge in [0.25, 0.3) is 11.8 Å². The van der Waals surface area contributed by atoms with Gasteiger partial charge in [-0.1, -0.05) is 12.1 Å². The molecule has 0 spiro atoms. The fourth-order valence-electron chi connectivity index (χ4n) is 1.95. The molecule has 0 radical (unpaired) electrons. The SMILES string of the molecule is CCN(CC)c1noc(-c2ccc(CCN)cc2)n1. The second-order valence-corrected chi connectivity index (χ2v) is 4.31. The van der Waals surface area contributed by atoms with Crippen molar-refractivity contribution in [2.24, 2.45) is 5.73 Å². The summed E-state index contributed by atoms with van der Waals surface area (Å²) in [5.74, 6) is 1.20. The smallest absolute Gasteiger partial charge is 0.266 e. The Kier molecular flexibility index (Phi) is 4.52. The van der Waals surface area contributed by atoms with Gasteiger partial charge in [0.05, 0.1) is 0 Å². The molecule has 5 heteroatoms. The zero-order chi connectivity index (χ0) is 13.7. The summed E-state index contributed by atoms with van der Waals surface area (Å²) in [7, 11) is 0. The minimum absolute atomic E-state index is 0.557. The van der Waals surface area contributed by atoms with Crippen LogP contribution in [0, 0.1) is 0 Å². The highest BCUT2D eigenvalue weighted by Crippen LogP contribution is 2.20. The molecule has 1 aromatic heterocycles. The monoisotopic (exact) mass is 260 g/mol. The molecule has 0 unspecified atom stereocenters. The summed E-state index contributed by atoms with van der Waals surface area (Å²) in [6, 6.07) is 8.07. The summed E-state index contributed by atoms with van der Waals surface area (Å²) in [4.78, 5) is 6.47. The highest BCUT2D eigenvalue weighted by atomic mass is 16.5. The second kappa shape index (κ2) is 6.33. The lowest BCUT2D eigenvalue weighted by Crippen LogP contribution is -2.22. The number of rotatable bonds is 6. The minimum atomic E-state index is 0.557. The molecule has 19 heavy (non-hydrogen) atoms. The van der Waals surface area contributed by atoms with Gasteiger partial charge in [0.1, 0.15) is 0 Å². The molecule has 0 aliphatic rings. The first-order valence-corrected chi connectivity index (χ1v) is 6.66. The molecule has 2 aromatic rings. The maximum atomic E-state index is 5.53. The molecule has 0 atom stereocenters. The highest BCUT2D eigenvalue weighted by Gasteiger charge is 2.12. The molecule has 0 aliphatic heterocycles. The summed E-state index contributed by atoms with van der Waals surface area (Å²) in [6.07, 6.45) is 0.884. The zero-order valence-corrected chi connectivity index (χ0v) is 11.5. The van der Waals surface area contributed by atoms with E-state index in [2.05, 4.69) is 28.9 Å². The van der Waals surface area contributed by atoms with Crippen LogP contribution in [0.4, 0.5) is 5.95 Å². The maximum absolute atomic E-state index is 5.53. The predicted molar refractivity (Wildman–Crippen MR) is 76.1 cm³/mol. The Morgan fingerprint density at radius 2 is 1.84 bits per heavy atom. The number of nitrogens with zero attached hydrogens (tertiary/aromatic N) is 3. The Morgan fingerprint density at radius 1 is 1.16 bits per heavy atom. The van der Waals surface area contributed by atoms with Gasteiger partial charge in [-0.2, -0.15) is 4.98 Å². The number of anilines is 1. The summed E-state index contributed by atoms with van der Waals surface area (Å²) in [5, 5.41) is 4.01. The Labute approximate surface area is 113 Å². The van der Waals surface area contributed by atoms with E-state index in [4.69, 9.17) is 10.3 Å². The van der Waals surface area contributed by atoms with Crippen molar-refractivity contribution in [1.82, 2.24) is 10.1 Å². The predicted octanol–water partition coefficient (Wildman–Crippen LogP) is 2.08. The van der Waals surface area contributed by atoms with Crippen molar-refractivity contribution in [2.75, 3.05) is 24.5 Å². The van der Waals surface area contributed by atoms with Crippen molar-refractivity contribution >= 4 is 5.95 Å². The first kappa shape index (κ1) is 13.5. The van der Waals surface area contributed by atoms with Crippen LogP contribution in [0.1, 0.15) is 19.4 Å². The third-order valence-electron chi connectivity index (χ3n) is 3.10. The Hall–Kier alpha value is -1.88. The lowest BCUT2D eigenvalue weighted by atomic mass is 10.1. The summed E-state index contributed by atoms with van der Waals surface area (Å²) in [5.41, 5.74) is 7.68. The van der Waals surface area contributed by atoms with Crippen LogP contribution in [-0.2, 0) is 6.42 Å². The van der Waals surface area contributed by atoms with E-state index in [0.717, 1.165) is 25.1 Å². The highest BCUT2D eigenvalue weighted by molar-refractivity contribution is 5.55. The van der Waals surface area contributed by atoms with E-state index in [-0.39, 0.29) is 0 Å². The fourth-order valence-corrected chi connectivity index (χ4v) is 1.95. The maximum Gasteiger partial charge on any atom is 0.266 e. The van der Waals surface area contributed by atoms with Gasteiger partial charge >= 0.3 is 0 Å². The lowest BCUT2D eigenvalue weighted by molar-refractivity contribution is 0.429. The van der Waals surface area contributed by atoms with Crippen LogP contribution in [0.15, 0.2) is 28.8 Å². The van der Waals surface area contributed by atoms with E-state index >= 15 is 0 Å². The molecular formula is C14H20N4O. The second-order valence-electron chi connectivity index (χ2n) is 4.31. The topological polar surface area (TPSA) is 68.2 Å². The van der Waals surface area contributed by atoms with Crippen molar-refractivity contribution in [3.8, 4) is 11.5 Å².